The van der Waals surface area contributed by atoms with Crippen molar-refractivity contribution in [2.45, 2.75) is 39.0 Å². The van der Waals surface area contributed by atoms with Gasteiger partial charge < -0.3 is 19.7 Å². The van der Waals surface area contributed by atoms with Gasteiger partial charge in [-0.15, -0.1) is 0 Å². The van der Waals surface area contributed by atoms with Crippen molar-refractivity contribution in [3.8, 4) is 5.75 Å². The maximum absolute atomic E-state index is 5.71. The van der Waals surface area contributed by atoms with Gasteiger partial charge in [0.15, 0.2) is 5.96 Å². The second-order valence-electron chi connectivity index (χ2n) is 6.99. The summed E-state index contributed by atoms with van der Waals surface area (Å²) in [5.41, 5.74) is 1.28. The highest BCUT2D eigenvalue weighted by molar-refractivity contribution is 5.79. The first-order chi connectivity index (χ1) is 12.7. The van der Waals surface area contributed by atoms with Crippen LogP contribution in [-0.4, -0.2) is 57.9 Å². The van der Waals surface area contributed by atoms with Crippen LogP contribution in [-0.2, 0) is 11.2 Å². The monoisotopic (exact) mass is 361 g/mol. The second kappa shape index (κ2) is 11.8. The lowest BCUT2D eigenvalue weighted by Crippen LogP contribution is -2.40. The topological polar surface area (TPSA) is 46.1 Å². The van der Waals surface area contributed by atoms with Crippen molar-refractivity contribution in [2.24, 2.45) is 10.9 Å². The molecule has 0 aliphatic carbocycles. The van der Waals surface area contributed by atoms with Gasteiger partial charge in [-0.3, -0.25) is 4.99 Å². The summed E-state index contributed by atoms with van der Waals surface area (Å²) in [4.78, 5) is 6.66. The molecule has 2 rings (SSSR count). The summed E-state index contributed by atoms with van der Waals surface area (Å²) in [6.07, 6.45) is 5.57. The molecule has 1 fully saturated rings. The highest BCUT2D eigenvalue weighted by atomic mass is 16.5. The molecular weight excluding hydrogens is 326 g/mol. The molecule has 26 heavy (non-hydrogen) atoms. The van der Waals surface area contributed by atoms with E-state index in [2.05, 4.69) is 47.4 Å². The van der Waals surface area contributed by atoms with Crippen molar-refractivity contribution in [1.29, 1.82) is 0 Å². The van der Waals surface area contributed by atoms with Crippen molar-refractivity contribution >= 4 is 5.96 Å². The van der Waals surface area contributed by atoms with E-state index in [1.165, 1.54) is 24.8 Å². The van der Waals surface area contributed by atoms with Gasteiger partial charge in [0.25, 0.3) is 0 Å². The van der Waals surface area contributed by atoms with Crippen molar-refractivity contribution in [3.63, 3.8) is 0 Å². The Hall–Kier alpha value is -1.75. The van der Waals surface area contributed by atoms with Gasteiger partial charge in [0.05, 0.1) is 6.61 Å². The van der Waals surface area contributed by atoms with Gasteiger partial charge in [-0.2, -0.15) is 0 Å². The van der Waals surface area contributed by atoms with E-state index in [0.29, 0.717) is 0 Å². The van der Waals surface area contributed by atoms with E-state index in [9.17, 15) is 0 Å². The Morgan fingerprint density at radius 2 is 2.15 bits per heavy atom. The molecule has 0 radical (unpaired) electrons. The molecule has 0 aromatic heterocycles. The zero-order chi connectivity index (χ0) is 18.6. The minimum Gasteiger partial charge on any atom is -0.494 e. The number of hydrogen-bond acceptors (Lipinski definition) is 3. The Morgan fingerprint density at radius 1 is 1.35 bits per heavy atom. The van der Waals surface area contributed by atoms with E-state index < -0.39 is 0 Å². The van der Waals surface area contributed by atoms with Crippen LogP contribution in [0.15, 0.2) is 29.3 Å². The first kappa shape index (κ1) is 20.6. The second-order valence-corrected chi connectivity index (χ2v) is 6.99. The molecule has 0 unspecified atom stereocenters. The first-order valence-corrected chi connectivity index (χ1v) is 9.94. The molecule has 1 aromatic carbocycles. The van der Waals surface area contributed by atoms with E-state index in [4.69, 9.17) is 9.47 Å². The van der Waals surface area contributed by atoms with Crippen LogP contribution in [0.25, 0.3) is 0 Å². The molecule has 146 valence electrons. The number of hydrogen-bond donors (Lipinski definition) is 1. The summed E-state index contributed by atoms with van der Waals surface area (Å²) in [6, 6.07) is 8.37. The molecule has 5 nitrogen and oxygen atoms in total. The average molecular weight is 362 g/mol. The maximum Gasteiger partial charge on any atom is 0.193 e. The van der Waals surface area contributed by atoms with Gasteiger partial charge in [-0.25, -0.2) is 0 Å². The fourth-order valence-corrected chi connectivity index (χ4v) is 3.23. The Bertz CT molecular complexity index is 542. The fourth-order valence-electron chi connectivity index (χ4n) is 3.23. The third-order valence-corrected chi connectivity index (χ3v) is 4.86. The fraction of sp³-hybridized carbons (Fsp3) is 0.667. The molecule has 0 spiro atoms. The smallest absolute Gasteiger partial charge is 0.193 e. The lowest BCUT2D eigenvalue weighted by Gasteiger charge is -2.26. The molecule has 1 aliphatic heterocycles. The summed E-state index contributed by atoms with van der Waals surface area (Å²) in [7, 11) is 3.97. The number of ether oxygens (including phenoxy) is 2. The Balaban J connectivity index is 1.72. The van der Waals surface area contributed by atoms with Crippen molar-refractivity contribution in [2.75, 3.05) is 47.0 Å². The third kappa shape index (κ3) is 7.24. The molecule has 1 N–H and O–H groups in total. The van der Waals surface area contributed by atoms with Crippen LogP contribution in [0.4, 0.5) is 0 Å². The van der Waals surface area contributed by atoms with Crippen molar-refractivity contribution in [1.82, 2.24) is 10.2 Å². The summed E-state index contributed by atoms with van der Waals surface area (Å²) in [6.45, 7) is 6.63. The van der Waals surface area contributed by atoms with Crippen molar-refractivity contribution in [3.05, 3.63) is 29.8 Å². The number of nitrogens with one attached hydrogen (secondary N) is 1. The average Bonchev–Trinajstić information content (AvgIpc) is 2.69. The van der Waals surface area contributed by atoms with Gasteiger partial charge >= 0.3 is 0 Å². The van der Waals surface area contributed by atoms with E-state index in [0.717, 1.165) is 63.4 Å². The lowest BCUT2D eigenvalue weighted by molar-refractivity contribution is 0.0625. The number of guanidine groups is 1. The largest absolute Gasteiger partial charge is 0.494 e. The Kier molecular flexibility index (Phi) is 9.32. The zero-order valence-electron chi connectivity index (χ0n) is 16.7. The van der Waals surface area contributed by atoms with Gasteiger partial charge in [0, 0.05) is 40.4 Å². The predicted octanol–water partition coefficient (Wildman–Crippen LogP) is 3.34. The first-order valence-electron chi connectivity index (χ1n) is 9.94. The molecule has 1 aromatic rings. The molecule has 1 saturated heterocycles. The minimum atomic E-state index is 0.770. The van der Waals surface area contributed by atoms with Crippen LogP contribution < -0.4 is 10.1 Å². The summed E-state index contributed by atoms with van der Waals surface area (Å²) >= 11 is 0. The molecule has 0 bridgehead atoms. The van der Waals surface area contributed by atoms with Gasteiger partial charge in [0.1, 0.15) is 5.75 Å². The van der Waals surface area contributed by atoms with Crippen LogP contribution in [0.5, 0.6) is 5.75 Å². The number of nitrogens with zero attached hydrogens (tertiary/aromatic N) is 2. The van der Waals surface area contributed by atoms with Crippen LogP contribution in [0, 0.1) is 5.92 Å². The van der Waals surface area contributed by atoms with E-state index in [-0.39, 0.29) is 0 Å². The molecule has 1 heterocycles. The zero-order valence-corrected chi connectivity index (χ0v) is 16.7. The highest BCUT2D eigenvalue weighted by Crippen LogP contribution is 2.18. The SMILES string of the molecule is CCCOc1cccc(CCNC(=NC)N(C)CCC2CCOCC2)c1. The normalized spacial score (nSPS) is 15.7. The molecule has 0 atom stereocenters. The number of aliphatic imine (C=N–C) groups is 1. The minimum absolute atomic E-state index is 0.770. The van der Waals surface area contributed by atoms with Crippen LogP contribution in [0.3, 0.4) is 0 Å². The van der Waals surface area contributed by atoms with Crippen molar-refractivity contribution < 1.29 is 9.47 Å². The molecule has 5 heteroatoms. The third-order valence-electron chi connectivity index (χ3n) is 4.86. The van der Waals surface area contributed by atoms with E-state index in [1.54, 1.807) is 0 Å². The van der Waals surface area contributed by atoms with Gasteiger partial charge in [-0.05, 0) is 55.7 Å². The predicted molar refractivity (Wildman–Crippen MR) is 108 cm³/mol. The molecule has 1 aliphatic rings. The standard InChI is InChI=1S/C21H35N3O2/c1-4-14-26-20-7-5-6-19(17-20)8-12-23-21(22-2)24(3)13-9-18-10-15-25-16-11-18/h5-7,17-18H,4,8-16H2,1-3H3,(H,22,23). The number of benzene rings is 1. The van der Waals surface area contributed by atoms with Crippen LogP contribution in [0.1, 0.15) is 38.2 Å². The van der Waals surface area contributed by atoms with E-state index in [1.807, 2.05) is 13.1 Å². The van der Waals surface area contributed by atoms with Gasteiger partial charge in [0.2, 0.25) is 0 Å². The maximum atomic E-state index is 5.71. The quantitative estimate of drug-likeness (QED) is 0.541. The van der Waals surface area contributed by atoms with Crippen LogP contribution in [0.2, 0.25) is 0 Å². The van der Waals surface area contributed by atoms with E-state index >= 15 is 0 Å². The number of rotatable bonds is 9. The summed E-state index contributed by atoms with van der Waals surface area (Å²) in [5.74, 6) is 2.72. The lowest BCUT2D eigenvalue weighted by atomic mass is 9.96. The van der Waals surface area contributed by atoms with Crippen LogP contribution >= 0.6 is 0 Å². The molecule has 0 amide bonds. The summed E-state index contributed by atoms with van der Waals surface area (Å²) in [5, 5.41) is 3.48. The molecule has 0 saturated carbocycles. The Labute approximate surface area is 158 Å². The highest BCUT2D eigenvalue weighted by Gasteiger charge is 2.15. The molecular formula is C21H35N3O2. The van der Waals surface area contributed by atoms with Gasteiger partial charge in [-0.1, -0.05) is 19.1 Å². The Morgan fingerprint density at radius 3 is 2.88 bits per heavy atom. The summed E-state index contributed by atoms with van der Waals surface area (Å²) < 4.78 is 11.2.